The van der Waals surface area contributed by atoms with Gasteiger partial charge in [-0.3, -0.25) is 0 Å². The largest absolute Gasteiger partial charge is 0.383 e. The van der Waals surface area contributed by atoms with Gasteiger partial charge in [-0.25, -0.2) is 9.78 Å². The van der Waals surface area contributed by atoms with Gasteiger partial charge in [0.1, 0.15) is 5.82 Å². The molecule has 0 saturated heterocycles. The molecule has 1 aromatic heterocycles. The van der Waals surface area contributed by atoms with Crippen LogP contribution in [0.4, 0.5) is 4.79 Å². The lowest BCUT2D eigenvalue weighted by molar-refractivity contribution is 0.196. The zero-order valence-electron chi connectivity index (χ0n) is 14.2. The average Bonchev–Trinajstić information content (AvgIpc) is 3.02. The van der Waals surface area contributed by atoms with Gasteiger partial charge in [0.2, 0.25) is 0 Å². The van der Waals surface area contributed by atoms with E-state index in [9.17, 15) is 4.79 Å². The van der Waals surface area contributed by atoms with Crippen LogP contribution in [0.2, 0.25) is 0 Å². The van der Waals surface area contributed by atoms with E-state index in [0.29, 0.717) is 26.2 Å². The minimum absolute atomic E-state index is 0.192. The van der Waals surface area contributed by atoms with E-state index >= 15 is 0 Å². The number of fused-ring (bicyclic) bond motifs is 1. The van der Waals surface area contributed by atoms with E-state index in [-0.39, 0.29) is 6.03 Å². The van der Waals surface area contributed by atoms with Crippen LogP contribution in [0.25, 0.3) is 22.4 Å². The van der Waals surface area contributed by atoms with Crippen LogP contribution < -0.4 is 10.6 Å². The highest BCUT2D eigenvalue weighted by Crippen LogP contribution is 2.24. The van der Waals surface area contributed by atoms with Crippen LogP contribution >= 0.6 is 0 Å². The van der Waals surface area contributed by atoms with Crippen molar-refractivity contribution in [1.29, 1.82) is 0 Å². The quantitative estimate of drug-likeness (QED) is 0.651. The summed E-state index contributed by atoms with van der Waals surface area (Å²) >= 11 is 0. The molecule has 6 nitrogen and oxygen atoms in total. The number of hydrogen-bond donors (Lipinski definition) is 2. The van der Waals surface area contributed by atoms with Gasteiger partial charge in [-0.05, 0) is 12.1 Å². The Morgan fingerprint density at radius 1 is 1.04 bits per heavy atom. The number of benzene rings is 2. The van der Waals surface area contributed by atoms with Crippen molar-refractivity contribution in [3.05, 3.63) is 54.6 Å². The lowest BCUT2D eigenvalue weighted by Crippen LogP contribution is -2.38. The smallest absolute Gasteiger partial charge is 0.314 e. The number of rotatable bonds is 7. The number of hydrogen-bond acceptors (Lipinski definition) is 3. The Bertz CT molecular complexity index is 830. The lowest BCUT2D eigenvalue weighted by Gasteiger charge is -2.11. The number of carbonyl (C=O) groups is 1. The summed E-state index contributed by atoms with van der Waals surface area (Å²) in [7, 11) is 1.61. The molecule has 25 heavy (non-hydrogen) atoms. The first kappa shape index (κ1) is 17.0. The molecule has 2 aromatic carbocycles. The Morgan fingerprint density at radius 3 is 2.56 bits per heavy atom. The first-order valence-electron chi connectivity index (χ1n) is 8.31. The minimum atomic E-state index is -0.192. The van der Waals surface area contributed by atoms with E-state index < -0.39 is 0 Å². The molecule has 0 atom stereocenters. The Labute approximate surface area is 146 Å². The molecule has 3 aromatic rings. The SMILES string of the molecule is COCCNC(=O)NCCn1c(-c2ccccc2)nc2ccccc21. The molecule has 6 heteroatoms. The number of nitrogens with one attached hydrogen (secondary N) is 2. The maximum absolute atomic E-state index is 11.8. The van der Waals surface area contributed by atoms with Crippen LogP contribution in [0.1, 0.15) is 0 Å². The van der Waals surface area contributed by atoms with Crippen LogP contribution in [0.15, 0.2) is 54.6 Å². The van der Waals surface area contributed by atoms with Gasteiger partial charge in [0.05, 0.1) is 17.6 Å². The molecule has 0 bridgehead atoms. The number of nitrogens with zero attached hydrogens (tertiary/aromatic N) is 2. The summed E-state index contributed by atoms with van der Waals surface area (Å²) in [5.74, 6) is 0.906. The van der Waals surface area contributed by atoms with Crippen molar-refractivity contribution in [2.24, 2.45) is 0 Å². The average molecular weight is 338 g/mol. The van der Waals surface area contributed by atoms with Crippen molar-refractivity contribution in [1.82, 2.24) is 20.2 Å². The summed E-state index contributed by atoms with van der Waals surface area (Å²) in [5, 5.41) is 5.62. The van der Waals surface area contributed by atoms with E-state index in [2.05, 4.69) is 15.2 Å². The molecule has 1 heterocycles. The molecule has 0 fully saturated rings. The van der Waals surface area contributed by atoms with Crippen LogP contribution in [-0.4, -0.2) is 42.4 Å². The summed E-state index contributed by atoms with van der Waals surface area (Å²) in [6.45, 7) is 2.14. The molecule has 0 unspecified atom stereocenters. The number of methoxy groups -OCH3 is 1. The number of imidazole rings is 1. The van der Waals surface area contributed by atoms with E-state index in [1.807, 2.05) is 54.6 Å². The van der Waals surface area contributed by atoms with Gasteiger partial charge in [-0.2, -0.15) is 0 Å². The van der Waals surface area contributed by atoms with E-state index in [4.69, 9.17) is 9.72 Å². The highest BCUT2D eigenvalue weighted by molar-refractivity contribution is 5.80. The van der Waals surface area contributed by atoms with Gasteiger partial charge in [0.25, 0.3) is 0 Å². The fourth-order valence-electron chi connectivity index (χ4n) is 2.72. The first-order valence-corrected chi connectivity index (χ1v) is 8.31. The normalized spacial score (nSPS) is 10.8. The Kier molecular flexibility index (Phi) is 5.64. The zero-order valence-corrected chi connectivity index (χ0v) is 14.2. The summed E-state index contributed by atoms with van der Waals surface area (Å²) < 4.78 is 7.05. The third-order valence-corrected chi connectivity index (χ3v) is 3.90. The minimum Gasteiger partial charge on any atom is -0.383 e. The molecule has 0 aliphatic carbocycles. The van der Waals surface area contributed by atoms with E-state index in [0.717, 1.165) is 22.4 Å². The molecular weight excluding hydrogens is 316 g/mol. The molecule has 0 spiro atoms. The third kappa shape index (κ3) is 4.16. The Hall–Kier alpha value is -2.86. The molecule has 2 amide bonds. The van der Waals surface area contributed by atoms with Crippen molar-refractivity contribution in [2.75, 3.05) is 26.8 Å². The molecule has 2 N–H and O–H groups in total. The number of urea groups is 1. The molecule has 3 rings (SSSR count). The van der Waals surface area contributed by atoms with Gasteiger partial charge in [-0.15, -0.1) is 0 Å². The van der Waals surface area contributed by atoms with Crippen molar-refractivity contribution in [2.45, 2.75) is 6.54 Å². The molecule has 0 radical (unpaired) electrons. The molecule has 0 aliphatic rings. The van der Waals surface area contributed by atoms with Crippen LogP contribution in [0.3, 0.4) is 0 Å². The highest BCUT2D eigenvalue weighted by Gasteiger charge is 2.12. The van der Waals surface area contributed by atoms with Crippen molar-refractivity contribution >= 4 is 17.1 Å². The number of para-hydroxylation sites is 2. The first-order chi connectivity index (χ1) is 12.3. The fourth-order valence-corrected chi connectivity index (χ4v) is 2.72. The summed E-state index contributed by atoms with van der Waals surface area (Å²) in [6, 6.07) is 17.9. The highest BCUT2D eigenvalue weighted by atomic mass is 16.5. The topological polar surface area (TPSA) is 68.2 Å². The van der Waals surface area contributed by atoms with Crippen molar-refractivity contribution in [3.63, 3.8) is 0 Å². The van der Waals surface area contributed by atoms with Gasteiger partial charge in [-0.1, -0.05) is 42.5 Å². The lowest BCUT2D eigenvalue weighted by atomic mass is 10.2. The summed E-state index contributed by atoms with van der Waals surface area (Å²) in [6.07, 6.45) is 0. The maximum atomic E-state index is 11.8. The van der Waals surface area contributed by atoms with Gasteiger partial charge < -0.3 is 19.9 Å². The van der Waals surface area contributed by atoms with Gasteiger partial charge >= 0.3 is 6.03 Å². The Balaban J connectivity index is 1.75. The predicted molar refractivity (Wildman–Crippen MR) is 98.4 cm³/mol. The summed E-state index contributed by atoms with van der Waals surface area (Å²) in [5.41, 5.74) is 3.07. The predicted octanol–water partition coefficient (Wildman–Crippen LogP) is 2.65. The van der Waals surface area contributed by atoms with Crippen molar-refractivity contribution in [3.8, 4) is 11.4 Å². The standard InChI is InChI=1S/C19H22N4O2/c1-25-14-12-21-19(24)20-11-13-23-17-10-6-5-9-16(17)22-18(23)15-7-3-2-4-8-15/h2-10H,11-14H2,1H3,(H2,20,21,24). The number of carbonyl (C=O) groups excluding carboxylic acids is 1. The summed E-state index contributed by atoms with van der Waals surface area (Å²) in [4.78, 5) is 16.5. The van der Waals surface area contributed by atoms with Gasteiger partial charge in [0, 0.05) is 32.3 Å². The van der Waals surface area contributed by atoms with E-state index in [1.165, 1.54) is 0 Å². The Morgan fingerprint density at radius 2 is 1.76 bits per heavy atom. The van der Waals surface area contributed by atoms with Crippen LogP contribution in [-0.2, 0) is 11.3 Å². The maximum Gasteiger partial charge on any atom is 0.314 e. The van der Waals surface area contributed by atoms with Crippen LogP contribution in [0, 0.1) is 0 Å². The van der Waals surface area contributed by atoms with Gasteiger partial charge in [0.15, 0.2) is 0 Å². The third-order valence-electron chi connectivity index (χ3n) is 3.90. The number of amides is 2. The molecule has 0 saturated carbocycles. The second-order valence-electron chi connectivity index (χ2n) is 5.62. The van der Waals surface area contributed by atoms with E-state index in [1.54, 1.807) is 7.11 Å². The van der Waals surface area contributed by atoms with Crippen molar-refractivity contribution < 1.29 is 9.53 Å². The number of aromatic nitrogens is 2. The molecule has 130 valence electrons. The molecular formula is C19H22N4O2. The zero-order chi connectivity index (χ0) is 17.5. The second kappa shape index (κ2) is 8.30. The monoisotopic (exact) mass is 338 g/mol. The number of ether oxygens (including phenoxy) is 1. The molecule has 0 aliphatic heterocycles. The fraction of sp³-hybridized carbons (Fsp3) is 0.263. The second-order valence-corrected chi connectivity index (χ2v) is 5.62. The van der Waals surface area contributed by atoms with Crippen LogP contribution in [0.5, 0.6) is 0 Å².